The van der Waals surface area contributed by atoms with E-state index in [0.717, 1.165) is 0 Å². The highest BCUT2D eigenvalue weighted by atomic mass is 19.2. The maximum atomic E-state index is 13.0. The molecule has 1 aliphatic rings. The van der Waals surface area contributed by atoms with Crippen molar-refractivity contribution < 1.29 is 35.0 Å². The molecule has 6 nitrogen and oxygen atoms in total. The van der Waals surface area contributed by atoms with Gasteiger partial charge >= 0.3 is 0 Å². The zero-order valence-corrected chi connectivity index (χ0v) is 6.45. The number of aliphatic hydroxyl groups is 6. The van der Waals surface area contributed by atoms with Gasteiger partial charge in [0.1, 0.15) is 30.5 Å². The molecule has 4 unspecified atom stereocenters. The van der Waals surface area contributed by atoms with Gasteiger partial charge < -0.3 is 30.6 Å². The summed E-state index contributed by atoms with van der Waals surface area (Å²) < 4.78 is 13.0. The highest BCUT2D eigenvalue weighted by molar-refractivity contribution is 5.02. The van der Waals surface area contributed by atoms with E-state index in [0.29, 0.717) is 0 Å². The second-order valence-electron chi connectivity index (χ2n) is 3.09. The molecule has 1 saturated carbocycles. The van der Waals surface area contributed by atoms with Crippen molar-refractivity contribution in [1.29, 1.82) is 0 Å². The third kappa shape index (κ3) is 1.43. The Bertz CT molecular complexity index is 180. The molecule has 1 rings (SSSR count). The van der Waals surface area contributed by atoms with Gasteiger partial charge in [0.2, 0.25) is 0 Å². The SMILES string of the molecule is OC1C(O)[C@H](O)[C@H](O)C(O)(F)C1O. The monoisotopic (exact) mass is 198 g/mol. The molecule has 0 bridgehead atoms. The molecule has 0 amide bonds. The molecule has 6 N–H and O–H groups in total. The normalized spacial score (nSPS) is 57.9. The van der Waals surface area contributed by atoms with E-state index in [9.17, 15) is 4.39 Å². The number of aliphatic hydroxyl groups excluding tert-OH is 5. The van der Waals surface area contributed by atoms with Gasteiger partial charge in [-0.2, -0.15) is 0 Å². The summed E-state index contributed by atoms with van der Waals surface area (Å²) in [4.78, 5) is 0. The molecule has 0 heterocycles. The van der Waals surface area contributed by atoms with Gasteiger partial charge in [-0.1, -0.05) is 0 Å². The predicted molar refractivity (Wildman–Crippen MR) is 36.1 cm³/mol. The molecule has 1 aliphatic carbocycles. The van der Waals surface area contributed by atoms with E-state index in [4.69, 9.17) is 30.6 Å². The summed E-state index contributed by atoms with van der Waals surface area (Å²) in [5.74, 6) is -3.53. The first-order valence-electron chi connectivity index (χ1n) is 3.61. The zero-order chi connectivity index (χ0) is 10.4. The van der Waals surface area contributed by atoms with Crippen molar-refractivity contribution >= 4 is 0 Å². The number of halogens is 1. The van der Waals surface area contributed by atoms with Gasteiger partial charge in [-0.3, -0.25) is 0 Å². The van der Waals surface area contributed by atoms with Gasteiger partial charge in [-0.15, -0.1) is 0 Å². The van der Waals surface area contributed by atoms with Crippen LogP contribution < -0.4 is 0 Å². The van der Waals surface area contributed by atoms with Crippen molar-refractivity contribution in [3.63, 3.8) is 0 Å². The molecule has 6 atom stereocenters. The van der Waals surface area contributed by atoms with Crippen molar-refractivity contribution in [3.8, 4) is 0 Å². The van der Waals surface area contributed by atoms with Gasteiger partial charge in [0.25, 0.3) is 5.85 Å². The number of hydrogen-bond donors (Lipinski definition) is 6. The summed E-state index contributed by atoms with van der Waals surface area (Å²) >= 11 is 0. The molecule has 0 aromatic rings. The fourth-order valence-electron chi connectivity index (χ4n) is 1.23. The van der Waals surface area contributed by atoms with Crippen molar-refractivity contribution in [2.24, 2.45) is 0 Å². The van der Waals surface area contributed by atoms with Crippen LogP contribution in [0.25, 0.3) is 0 Å². The Morgan fingerprint density at radius 2 is 1.08 bits per heavy atom. The lowest BCUT2D eigenvalue weighted by atomic mass is 9.83. The smallest absolute Gasteiger partial charge is 0.264 e. The summed E-state index contributed by atoms with van der Waals surface area (Å²) in [7, 11) is 0. The largest absolute Gasteiger partial charge is 0.387 e. The molecule has 1 fully saturated rings. The van der Waals surface area contributed by atoms with E-state index in [1.165, 1.54) is 0 Å². The second kappa shape index (κ2) is 3.12. The molecule has 7 heteroatoms. The Balaban J connectivity index is 2.93. The summed E-state index contributed by atoms with van der Waals surface area (Å²) in [5, 5.41) is 53.2. The van der Waals surface area contributed by atoms with E-state index in [2.05, 4.69) is 0 Å². The fourth-order valence-corrected chi connectivity index (χ4v) is 1.23. The minimum absolute atomic E-state index is 1.90. The average Bonchev–Trinajstić information content (AvgIpc) is 2.09. The number of rotatable bonds is 0. The van der Waals surface area contributed by atoms with E-state index in [-0.39, 0.29) is 0 Å². The maximum absolute atomic E-state index is 13.0. The summed E-state index contributed by atoms with van der Waals surface area (Å²) in [6.07, 6.45) is -10.7. The first kappa shape index (κ1) is 10.8. The van der Waals surface area contributed by atoms with Crippen LogP contribution >= 0.6 is 0 Å². The van der Waals surface area contributed by atoms with E-state index < -0.39 is 36.4 Å². The van der Waals surface area contributed by atoms with Crippen molar-refractivity contribution in [2.45, 2.75) is 36.4 Å². The first-order chi connectivity index (χ1) is 5.80. The molecule has 0 aromatic carbocycles. The highest BCUT2D eigenvalue weighted by Crippen LogP contribution is 2.31. The van der Waals surface area contributed by atoms with Crippen molar-refractivity contribution in [1.82, 2.24) is 0 Å². The van der Waals surface area contributed by atoms with Crippen LogP contribution in [0.15, 0.2) is 0 Å². The molecule has 0 aromatic heterocycles. The lowest BCUT2D eigenvalue weighted by Crippen LogP contribution is -2.68. The quantitative estimate of drug-likeness (QED) is 0.240. The summed E-state index contributed by atoms with van der Waals surface area (Å²) in [6, 6.07) is 0. The standard InChI is InChI=1S/C6H11FO6/c7-6(13)4(11)2(9)1(8)3(10)5(6)12/h1-5,8-13H/t1?,2-,3?,4-,5?,6?/m0/s1. The third-order valence-corrected chi connectivity index (χ3v) is 2.18. The molecule has 13 heavy (non-hydrogen) atoms. The minimum Gasteiger partial charge on any atom is -0.387 e. The van der Waals surface area contributed by atoms with Gasteiger partial charge in [-0.25, -0.2) is 4.39 Å². The number of hydrogen-bond acceptors (Lipinski definition) is 6. The Morgan fingerprint density at radius 1 is 0.769 bits per heavy atom. The molecule has 0 saturated heterocycles. The Kier molecular flexibility index (Phi) is 2.59. The van der Waals surface area contributed by atoms with Crippen LogP contribution in [0.4, 0.5) is 4.39 Å². The van der Waals surface area contributed by atoms with Gasteiger partial charge in [0.05, 0.1) is 0 Å². The van der Waals surface area contributed by atoms with E-state index in [1.807, 2.05) is 0 Å². The Hall–Kier alpha value is -0.310. The number of alkyl halides is 1. The second-order valence-corrected chi connectivity index (χ2v) is 3.09. The predicted octanol–water partition coefficient (Wildman–Crippen LogP) is -3.54. The fraction of sp³-hybridized carbons (Fsp3) is 1.00. The van der Waals surface area contributed by atoms with Crippen LogP contribution in [-0.2, 0) is 0 Å². The van der Waals surface area contributed by atoms with E-state index in [1.54, 1.807) is 0 Å². The Morgan fingerprint density at radius 3 is 1.38 bits per heavy atom. The van der Waals surface area contributed by atoms with Crippen LogP contribution in [0.1, 0.15) is 0 Å². The van der Waals surface area contributed by atoms with E-state index >= 15 is 0 Å². The van der Waals surface area contributed by atoms with Crippen LogP contribution in [0.2, 0.25) is 0 Å². The maximum Gasteiger partial charge on any atom is 0.264 e. The summed E-state index contributed by atoms with van der Waals surface area (Å²) in [6.45, 7) is 0. The topological polar surface area (TPSA) is 121 Å². The lowest BCUT2D eigenvalue weighted by molar-refractivity contribution is -0.314. The minimum atomic E-state index is -3.53. The molecule has 0 spiro atoms. The zero-order valence-electron chi connectivity index (χ0n) is 6.45. The first-order valence-corrected chi connectivity index (χ1v) is 3.61. The van der Waals surface area contributed by atoms with Gasteiger partial charge in [-0.05, 0) is 0 Å². The molecule has 0 radical (unpaired) electrons. The highest BCUT2D eigenvalue weighted by Gasteiger charge is 2.58. The van der Waals surface area contributed by atoms with Crippen LogP contribution in [0, 0.1) is 0 Å². The molecular weight excluding hydrogens is 187 g/mol. The van der Waals surface area contributed by atoms with Crippen LogP contribution in [-0.4, -0.2) is 67.0 Å². The van der Waals surface area contributed by atoms with Crippen molar-refractivity contribution in [2.75, 3.05) is 0 Å². The van der Waals surface area contributed by atoms with Crippen LogP contribution in [0.5, 0.6) is 0 Å². The van der Waals surface area contributed by atoms with Crippen molar-refractivity contribution in [3.05, 3.63) is 0 Å². The van der Waals surface area contributed by atoms with Gasteiger partial charge in [0, 0.05) is 0 Å². The molecule has 0 aliphatic heterocycles. The average molecular weight is 198 g/mol. The Labute approximate surface area is 72.5 Å². The third-order valence-electron chi connectivity index (χ3n) is 2.18. The van der Waals surface area contributed by atoms with Gasteiger partial charge in [0.15, 0.2) is 0 Å². The molecular formula is C6H11FO6. The summed E-state index contributed by atoms with van der Waals surface area (Å²) in [5.41, 5.74) is 0. The van der Waals surface area contributed by atoms with Crippen LogP contribution in [0.3, 0.4) is 0 Å². The lowest BCUT2D eigenvalue weighted by Gasteiger charge is -2.42. The molecule has 78 valence electrons.